The normalized spacial score (nSPS) is 13.0. The van der Waals surface area contributed by atoms with E-state index < -0.39 is 0 Å². The van der Waals surface area contributed by atoms with Gasteiger partial charge in [0, 0.05) is 6.04 Å². The molecule has 100 valence electrons. The molecule has 0 aliphatic carbocycles. The van der Waals surface area contributed by atoms with Crippen LogP contribution >= 0.6 is 0 Å². The average Bonchev–Trinajstić information content (AvgIpc) is 2.42. The van der Waals surface area contributed by atoms with Crippen molar-refractivity contribution in [2.75, 3.05) is 6.54 Å². The van der Waals surface area contributed by atoms with Gasteiger partial charge >= 0.3 is 0 Å². The van der Waals surface area contributed by atoms with Gasteiger partial charge < -0.3 is 5.32 Å². The van der Waals surface area contributed by atoms with Crippen LogP contribution in [0.3, 0.4) is 0 Å². The number of benzene rings is 1. The van der Waals surface area contributed by atoms with Gasteiger partial charge in [0.25, 0.3) is 0 Å². The van der Waals surface area contributed by atoms with Gasteiger partial charge in [-0.15, -0.1) is 0 Å². The lowest BCUT2D eigenvalue weighted by Gasteiger charge is -2.19. The van der Waals surface area contributed by atoms with Crippen molar-refractivity contribution in [2.24, 2.45) is 0 Å². The van der Waals surface area contributed by atoms with E-state index in [0.29, 0.717) is 6.04 Å². The predicted molar refractivity (Wildman–Crippen MR) is 80.8 cm³/mol. The molecule has 1 nitrogen and oxygen atoms in total. The Hall–Kier alpha value is -1.08. The summed E-state index contributed by atoms with van der Waals surface area (Å²) in [5.74, 6) is 0. The van der Waals surface area contributed by atoms with E-state index in [4.69, 9.17) is 0 Å². The summed E-state index contributed by atoms with van der Waals surface area (Å²) >= 11 is 0. The van der Waals surface area contributed by atoms with Crippen molar-refractivity contribution in [3.05, 3.63) is 48.0 Å². The van der Waals surface area contributed by atoms with Gasteiger partial charge in [-0.3, -0.25) is 0 Å². The van der Waals surface area contributed by atoms with Gasteiger partial charge in [0.05, 0.1) is 0 Å². The van der Waals surface area contributed by atoms with E-state index in [-0.39, 0.29) is 0 Å². The van der Waals surface area contributed by atoms with E-state index in [1.807, 2.05) is 0 Å². The first-order valence-electron chi connectivity index (χ1n) is 7.28. The van der Waals surface area contributed by atoms with E-state index in [2.05, 4.69) is 61.6 Å². The largest absolute Gasteiger partial charge is 0.310 e. The monoisotopic (exact) mass is 245 g/mol. The Morgan fingerprint density at radius 1 is 1.17 bits per heavy atom. The van der Waals surface area contributed by atoms with Crippen LogP contribution in [0.2, 0.25) is 0 Å². The molecule has 0 fully saturated rings. The molecular weight excluding hydrogens is 218 g/mol. The number of hydrogen-bond acceptors (Lipinski definition) is 1. The van der Waals surface area contributed by atoms with Gasteiger partial charge in [-0.2, -0.15) is 0 Å². The molecule has 0 saturated carbocycles. The summed E-state index contributed by atoms with van der Waals surface area (Å²) in [6, 6.07) is 11.3. The lowest BCUT2D eigenvalue weighted by Crippen LogP contribution is -2.22. The maximum absolute atomic E-state index is 3.68. The van der Waals surface area contributed by atoms with Gasteiger partial charge in [-0.05, 0) is 31.9 Å². The van der Waals surface area contributed by atoms with Crippen molar-refractivity contribution < 1.29 is 0 Å². The fourth-order valence-electron chi connectivity index (χ4n) is 2.18. The molecular formula is C17H27N. The maximum atomic E-state index is 3.68. The summed E-state index contributed by atoms with van der Waals surface area (Å²) in [5, 5.41) is 3.68. The van der Waals surface area contributed by atoms with E-state index in [0.717, 1.165) is 13.0 Å². The van der Waals surface area contributed by atoms with Crippen LogP contribution < -0.4 is 5.32 Å². The predicted octanol–water partition coefficient (Wildman–Crippen LogP) is 4.86. The summed E-state index contributed by atoms with van der Waals surface area (Å²) in [5.41, 5.74) is 1.43. The SMILES string of the molecule is C/C=C/CCNC(CCCCC)c1ccccc1. The topological polar surface area (TPSA) is 12.0 Å². The zero-order valence-electron chi connectivity index (χ0n) is 11.9. The zero-order chi connectivity index (χ0) is 13.1. The lowest BCUT2D eigenvalue weighted by atomic mass is 10.0. The standard InChI is InChI=1S/C17H27N/c1-3-5-8-14-17(18-15-11-6-4-2)16-12-9-7-10-13-16/h4,6-7,9-10,12-13,17-18H,3,5,8,11,14-15H2,1-2H3/b6-4+. The molecule has 1 unspecified atom stereocenters. The third-order valence-electron chi connectivity index (χ3n) is 3.24. The summed E-state index contributed by atoms with van der Waals surface area (Å²) < 4.78 is 0. The van der Waals surface area contributed by atoms with Crippen LogP contribution in [0, 0.1) is 0 Å². The molecule has 0 spiro atoms. The van der Waals surface area contributed by atoms with Crippen LogP contribution in [0.1, 0.15) is 57.6 Å². The van der Waals surface area contributed by atoms with Crippen molar-refractivity contribution in [3.8, 4) is 0 Å². The molecule has 1 heteroatoms. The second-order valence-corrected chi connectivity index (χ2v) is 4.77. The molecule has 0 saturated heterocycles. The van der Waals surface area contributed by atoms with Crippen LogP contribution in [-0.4, -0.2) is 6.54 Å². The van der Waals surface area contributed by atoms with Crippen LogP contribution in [0.4, 0.5) is 0 Å². The molecule has 0 radical (unpaired) electrons. The van der Waals surface area contributed by atoms with Crippen LogP contribution in [0.5, 0.6) is 0 Å². The van der Waals surface area contributed by atoms with Crippen molar-refractivity contribution in [3.63, 3.8) is 0 Å². The van der Waals surface area contributed by atoms with Gasteiger partial charge in [-0.1, -0.05) is 68.7 Å². The molecule has 0 amide bonds. The Morgan fingerprint density at radius 3 is 2.61 bits per heavy atom. The molecule has 0 bridgehead atoms. The molecule has 1 aromatic carbocycles. The molecule has 0 aliphatic rings. The highest BCUT2D eigenvalue weighted by Gasteiger charge is 2.09. The third-order valence-corrected chi connectivity index (χ3v) is 3.24. The van der Waals surface area contributed by atoms with Crippen molar-refractivity contribution in [2.45, 2.75) is 52.0 Å². The van der Waals surface area contributed by atoms with Crippen LogP contribution in [0.25, 0.3) is 0 Å². The Morgan fingerprint density at radius 2 is 1.94 bits per heavy atom. The summed E-state index contributed by atoms with van der Waals surface area (Å²) in [4.78, 5) is 0. The third kappa shape index (κ3) is 6.02. The summed E-state index contributed by atoms with van der Waals surface area (Å²) in [7, 11) is 0. The first-order valence-corrected chi connectivity index (χ1v) is 7.28. The lowest BCUT2D eigenvalue weighted by molar-refractivity contribution is 0.479. The fraction of sp³-hybridized carbons (Fsp3) is 0.529. The minimum Gasteiger partial charge on any atom is -0.310 e. The Balaban J connectivity index is 2.46. The van der Waals surface area contributed by atoms with E-state index in [1.165, 1.54) is 31.2 Å². The number of unbranched alkanes of at least 4 members (excludes halogenated alkanes) is 2. The first-order chi connectivity index (χ1) is 8.88. The second kappa shape index (κ2) is 9.90. The van der Waals surface area contributed by atoms with Crippen molar-refractivity contribution in [1.82, 2.24) is 5.32 Å². The zero-order valence-corrected chi connectivity index (χ0v) is 11.9. The molecule has 0 aliphatic heterocycles. The highest BCUT2D eigenvalue weighted by atomic mass is 14.9. The van der Waals surface area contributed by atoms with E-state index >= 15 is 0 Å². The van der Waals surface area contributed by atoms with Gasteiger partial charge in [0.1, 0.15) is 0 Å². The highest BCUT2D eigenvalue weighted by molar-refractivity contribution is 5.18. The van der Waals surface area contributed by atoms with Crippen LogP contribution in [0.15, 0.2) is 42.5 Å². The molecule has 0 heterocycles. The highest BCUT2D eigenvalue weighted by Crippen LogP contribution is 2.19. The molecule has 1 aromatic rings. The smallest absolute Gasteiger partial charge is 0.0320 e. The Kier molecular flexibility index (Phi) is 8.24. The maximum Gasteiger partial charge on any atom is 0.0320 e. The summed E-state index contributed by atoms with van der Waals surface area (Å²) in [6.45, 7) is 5.41. The van der Waals surface area contributed by atoms with Crippen LogP contribution in [-0.2, 0) is 0 Å². The molecule has 1 rings (SSSR count). The minimum absolute atomic E-state index is 0.517. The Bertz CT molecular complexity index is 316. The first kappa shape index (κ1) is 15.0. The van der Waals surface area contributed by atoms with E-state index in [1.54, 1.807) is 0 Å². The quantitative estimate of drug-likeness (QED) is 0.484. The minimum atomic E-state index is 0.517. The number of nitrogens with one attached hydrogen (secondary N) is 1. The van der Waals surface area contributed by atoms with Gasteiger partial charge in [0.2, 0.25) is 0 Å². The van der Waals surface area contributed by atoms with E-state index in [9.17, 15) is 0 Å². The number of rotatable bonds is 9. The summed E-state index contributed by atoms with van der Waals surface area (Å²) in [6.07, 6.45) is 10.6. The molecule has 1 N–H and O–H groups in total. The van der Waals surface area contributed by atoms with Gasteiger partial charge in [0.15, 0.2) is 0 Å². The van der Waals surface area contributed by atoms with Gasteiger partial charge in [-0.25, -0.2) is 0 Å². The fourth-order valence-corrected chi connectivity index (χ4v) is 2.18. The van der Waals surface area contributed by atoms with Crippen molar-refractivity contribution >= 4 is 0 Å². The molecule has 18 heavy (non-hydrogen) atoms. The molecule has 0 aromatic heterocycles. The number of hydrogen-bond donors (Lipinski definition) is 1. The number of allylic oxidation sites excluding steroid dienone is 1. The Labute approximate surface area is 112 Å². The van der Waals surface area contributed by atoms with Crippen molar-refractivity contribution in [1.29, 1.82) is 0 Å². The molecule has 1 atom stereocenters. The second-order valence-electron chi connectivity index (χ2n) is 4.77. The average molecular weight is 245 g/mol.